The normalized spacial score (nSPS) is 22.1. The fourth-order valence-electron chi connectivity index (χ4n) is 6.71. The molecule has 3 aliphatic heterocycles. The summed E-state index contributed by atoms with van der Waals surface area (Å²) in [5.74, 6) is 2.07. The highest BCUT2D eigenvalue weighted by Crippen LogP contribution is 2.46. The quantitative estimate of drug-likeness (QED) is 0.237. The van der Waals surface area contributed by atoms with Crippen LogP contribution in [-0.2, 0) is 28.2 Å². The van der Waals surface area contributed by atoms with Crippen molar-refractivity contribution in [2.75, 3.05) is 33.4 Å². The molecule has 0 bridgehead atoms. The molecule has 0 N–H and O–H groups in total. The SMILES string of the molecule is COC(=O)c1ccc2nc(CN3CCC(c4cccc5c4OC(C)(c4ccc(C)cc4F)CO5)CC3)n(C[C@@H]3CCO3)c2c1. The molecule has 0 amide bonds. The van der Waals surface area contributed by atoms with E-state index >= 15 is 4.39 Å². The van der Waals surface area contributed by atoms with E-state index in [-0.39, 0.29) is 24.5 Å². The third kappa shape index (κ3) is 5.32. The van der Waals surface area contributed by atoms with Gasteiger partial charge in [-0.25, -0.2) is 14.2 Å². The molecule has 3 aromatic carbocycles. The van der Waals surface area contributed by atoms with Gasteiger partial charge in [-0.05, 0) is 88.0 Å². The number of hydrogen-bond donors (Lipinski definition) is 0. The molecule has 2 saturated heterocycles. The summed E-state index contributed by atoms with van der Waals surface area (Å²) in [5, 5.41) is 0. The van der Waals surface area contributed by atoms with Gasteiger partial charge in [-0.3, -0.25) is 4.90 Å². The number of ether oxygens (including phenoxy) is 4. The van der Waals surface area contributed by atoms with Crippen LogP contribution in [0.1, 0.15) is 65.0 Å². The second kappa shape index (κ2) is 11.5. The zero-order valence-corrected chi connectivity index (χ0v) is 25.5. The standard InChI is InChI=1S/C35H38FN3O5/c1-22-7-9-27(28(36)17-22)35(2)21-43-31-6-4-5-26(33(31)44-35)23-11-14-38(15-12-23)20-32-37-29-10-8-24(34(40)41-3)18-30(29)39(32)19-25-13-16-42-25/h4-10,17-18,23,25H,11-16,19-21H2,1-3H3/t25-,35?/m0/s1. The van der Waals surface area contributed by atoms with E-state index in [9.17, 15) is 4.79 Å². The predicted molar refractivity (Wildman–Crippen MR) is 164 cm³/mol. The molecule has 3 aliphatic rings. The molecule has 4 aromatic rings. The summed E-state index contributed by atoms with van der Waals surface area (Å²) < 4.78 is 40.8. The number of carbonyl (C=O) groups excluding carboxylic acids is 1. The zero-order chi connectivity index (χ0) is 30.4. The number of methoxy groups -OCH3 is 1. The van der Waals surface area contributed by atoms with Crippen LogP contribution in [0.4, 0.5) is 4.39 Å². The van der Waals surface area contributed by atoms with Crippen molar-refractivity contribution in [3.05, 3.63) is 88.5 Å². The lowest BCUT2D eigenvalue weighted by Gasteiger charge is -2.39. The highest BCUT2D eigenvalue weighted by Gasteiger charge is 2.39. The molecule has 4 heterocycles. The van der Waals surface area contributed by atoms with Crippen molar-refractivity contribution < 1.29 is 28.1 Å². The molecule has 7 rings (SSSR count). The summed E-state index contributed by atoms with van der Waals surface area (Å²) in [6.45, 7) is 8.02. The maximum absolute atomic E-state index is 15.0. The van der Waals surface area contributed by atoms with Crippen LogP contribution in [0.25, 0.3) is 11.0 Å². The summed E-state index contributed by atoms with van der Waals surface area (Å²) in [7, 11) is 1.40. The maximum Gasteiger partial charge on any atom is 0.337 e. The minimum atomic E-state index is -0.918. The monoisotopic (exact) mass is 599 g/mol. The Morgan fingerprint density at radius 2 is 1.93 bits per heavy atom. The van der Waals surface area contributed by atoms with Gasteiger partial charge in [-0.2, -0.15) is 0 Å². The Kier molecular flexibility index (Phi) is 7.54. The number of para-hydroxylation sites is 1. The Balaban J connectivity index is 1.09. The van der Waals surface area contributed by atoms with Crippen molar-refractivity contribution in [2.45, 2.75) is 63.8 Å². The van der Waals surface area contributed by atoms with Crippen LogP contribution in [0.2, 0.25) is 0 Å². The van der Waals surface area contributed by atoms with Gasteiger partial charge in [0.25, 0.3) is 0 Å². The van der Waals surface area contributed by atoms with E-state index in [0.29, 0.717) is 35.9 Å². The fraction of sp³-hybridized carbons (Fsp3) is 0.429. The van der Waals surface area contributed by atoms with Gasteiger partial charge in [0.15, 0.2) is 17.1 Å². The molecule has 8 nitrogen and oxygen atoms in total. The minimum absolute atomic E-state index is 0.157. The first kappa shape index (κ1) is 28.8. The van der Waals surface area contributed by atoms with E-state index in [0.717, 1.165) is 72.7 Å². The van der Waals surface area contributed by atoms with E-state index in [1.165, 1.54) is 7.11 Å². The Morgan fingerprint density at radius 1 is 1.11 bits per heavy atom. The van der Waals surface area contributed by atoms with Crippen LogP contribution < -0.4 is 9.47 Å². The zero-order valence-electron chi connectivity index (χ0n) is 25.5. The predicted octanol–water partition coefficient (Wildman–Crippen LogP) is 6.13. The second-order valence-corrected chi connectivity index (χ2v) is 12.4. The molecule has 0 saturated carbocycles. The van der Waals surface area contributed by atoms with Gasteiger partial charge >= 0.3 is 5.97 Å². The molecule has 1 aromatic heterocycles. The first-order chi connectivity index (χ1) is 21.3. The number of halogens is 1. The van der Waals surface area contributed by atoms with E-state index in [1.807, 2.05) is 44.2 Å². The molecule has 0 aliphatic carbocycles. The van der Waals surface area contributed by atoms with Crippen LogP contribution in [0.3, 0.4) is 0 Å². The number of fused-ring (bicyclic) bond motifs is 2. The number of imidazole rings is 1. The van der Waals surface area contributed by atoms with Crippen LogP contribution in [-0.4, -0.2) is 59.9 Å². The van der Waals surface area contributed by atoms with Gasteiger partial charge in [0.1, 0.15) is 18.2 Å². The Hall–Kier alpha value is -3.95. The Morgan fingerprint density at radius 3 is 2.66 bits per heavy atom. The Bertz CT molecular complexity index is 1710. The van der Waals surface area contributed by atoms with E-state index in [1.54, 1.807) is 18.2 Å². The summed E-state index contributed by atoms with van der Waals surface area (Å²) >= 11 is 0. The number of piperidine rings is 1. The van der Waals surface area contributed by atoms with Gasteiger partial charge in [0.2, 0.25) is 0 Å². The average Bonchev–Trinajstić information content (AvgIpc) is 3.34. The van der Waals surface area contributed by atoms with Gasteiger partial charge in [-0.1, -0.05) is 24.3 Å². The molecule has 230 valence electrons. The number of esters is 1. The number of hydrogen-bond acceptors (Lipinski definition) is 7. The summed E-state index contributed by atoms with van der Waals surface area (Å²) in [6.07, 6.45) is 3.08. The molecule has 2 fully saturated rings. The van der Waals surface area contributed by atoms with Gasteiger partial charge in [0.05, 0.1) is 42.9 Å². The van der Waals surface area contributed by atoms with Gasteiger partial charge in [0, 0.05) is 17.7 Å². The number of likely N-dealkylation sites (tertiary alicyclic amines) is 1. The van der Waals surface area contributed by atoms with Crippen molar-refractivity contribution in [3.8, 4) is 11.5 Å². The van der Waals surface area contributed by atoms with E-state index < -0.39 is 5.60 Å². The fourth-order valence-corrected chi connectivity index (χ4v) is 6.71. The number of aryl methyl sites for hydroxylation is 1. The topological polar surface area (TPSA) is 75.0 Å². The third-order valence-corrected chi connectivity index (χ3v) is 9.35. The van der Waals surface area contributed by atoms with Crippen LogP contribution >= 0.6 is 0 Å². The number of carbonyl (C=O) groups is 1. The largest absolute Gasteiger partial charge is 0.485 e. The van der Waals surface area contributed by atoms with Crippen LogP contribution in [0, 0.1) is 12.7 Å². The molecule has 9 heteroatoms. The lowest BCUT2D eigenvalue weighted by Crippen LogP contribution is -2.41. The number of nitrogens with zero attached hydrogens (tertiary/aromatic N) is 3. The molecule has 44 heavy (non-hydrogen) atoms. The number of aromatic nitrogens is 2. The van der Waals surface area contributed by atoms with Crippen molar-refractivity contribution >= 4 is 17.0 Å². The molecular formula is C35H38FN3O5. The van der Waals surface area contributed by atoms with E-state index in [4.69, 9.17) is 23.9 Å². The van der Waals surface area contributed by atoms with Gasteiger partial charge in [-0.15, -0.1) is 0 Å². The number of benzene rings is 3. The number of rotatable bonds is 7. The summed E-state index contributed by atoms with van der Waals surface area (Å²) in [6, 6.07) is 16.9. The molecule has 2 atom stereocenters. The van der Waals surface area contributed by atoms with Crippen molar-refractivity contribution in [1.82, 2.24) is 14.5 Å². The van der Waals surface area contributed by atoms with Crippen molar-refractivity contribution in [2.24, 2.45) is 0 Å². The van der Waals surface area contributed by atoms with Crippen LogP contribution in [0.5, 0.6) is 11.5 Å². The highest BCUT2D eigenvalue weighted by molar-refractivity contribution is 5.93. The van der Waals surface area contributed by atoms with Crippen molar-refractivity contribution in [3.63, 3.8) is 0 Å². The average molecular weight is 600 g/mol. The van der Waals surface area contributed by atoms with Gasteiger partial charge < -0.3 is 23.5 Å². The molecular weight excluding hydrogens is 561 g/mol. The molecule has 1 unspecified atom stereocenters. The smallest absolute Gasteiger partial charge is 0.337 e. The summed E-state index contributed by atoms with van der Waals surface area (Å²) in [5.41, 5.74) is 3.88. The summed E-state index contributed by atoms with van der Waals surface area (Å²) in [4.78, 5) is 19.7. The first-order valence-corrected chi connectivity index (χ1v) is 15.4. The van der Waals surface area contributed by atoms with E-state index in [2.05, 4.69) is 15.5 Å². The maximum atomic E-state index is 15.0. The third-order valence-electron chi connectivity index (χ3n) is 9.35. The first-order valence-electron chi connectivity index (χ1n) is 15.4. The lowest BCUT2D eigenvalue weighted by molar-refractivity contribution is -0.0592. The van der Waals surface area contributed by atoms with Crippen LogP contribution in [0.15, 0.2) is 54.6 Å². The molecule has 0 radical (unpaired) electrons. The second-order valence-electron chi connectivity index (χ2n) is 12.4. The lowest BCUT2D eigenvalue weighted by atomic mass is 9.87. The minimum Gasteiger partial charge on any atom is -0.485 e. The van der Waals surface area contributed by atoms with Crippen molar-refractivity contribution in [1.29, 1.82) is 0 Å². The molecule has 0 spiro atoms. The highest BCUT2D eigenvalue weighted by atomic mass is 19.1. The Labute approximate surface area is 256 Å².